The molecule has 3 N–H and O–H groups in total. The molecule has 0 rings (SSSR count). The molecule has 2 heteroatoms. The van der Waals surface area contributed by atoms with Crippen molar-refractivity contribution in [2.45, 2.75) is 64.8 Å². The lowest BCUT2D eigenvalue weighted by Crippen LogP contribution is -2.33. The molecule has 0 aromatic carbocycles. The second-order valence-corrected chi connectivity index (χ2v) is 4.21. The highest BCUT2D eigenvalue weighted by molar-refractivity contribution is 4.59. The average molecular weight is 200 g/mol. The fourth-order valence-electron chi connectivity index (χ4n) is 1.51. The minimum absolute atomic E-state index is 0.482. The summed E-state index contributed by atoms with van der Waals surface area (Å²) in [6, 6.07) is 0.482. The molecule has 0 fully saturated rings. The molecule has 0 aliphatic heterocycles. The molecule has 86 valence electrons. The Morgan fingerprint density at radius 2 is 1.57 bits per heavy atom. The van der Waals surface area contributed by atoms with Gasteiger partial charge < -0.3 is 11.1 Å². The van der Waals surface area contributed by atoms with E-state index in [4.69, 9.17) is 5.73 Å². The highest BCUT2D eigenvalue weighted by Crippen LogP contribution is 2.06. The van der Waals surface area contributed by atoms with Crippen LogP contribution < -0.4 is 11.1 Å². The number of hydrogen-bond donors (Lipinski definition) is 2. The van der Waals surface area contributed by atoms with Crippen molar-refractivity contribution < 1.29 is 0 Å². The van der Waals surface area contributed by atoms with Gasteiger partial charge in [0.15, 0.2) is 0 Å². The van der Waals surface area contributed by atoms with Gasteiger partial charge in [-0.05, 0) is 19.9 Å². The Morgan fingerprint density at radius 3 is 2.14 bits per heavy atom. The maximum absolute atomic E-state index is 5.51. The van der Waals surface area contributed by atoms with Crippen molar-refractivity contribution in [1.29, 1.82) is 0 Å². The molecule has 0 aliphatic rings. The number of hydrogen-bond acceptors (Lipinski definition) is 2. The fraction of sp³-hybridized carbons (Fsp3) is 1.00. The van der Waals surface area contributed by atoms with Gasteiger partial charge in [0.1, 0.15) is 0 Å². The normalized spacial score (nSPS) is 13.1. The third kappa shape index (κ3) is 10.0. The fourth-order valence-corrected chi connectivity index (χ4v) is 1.51. The highest BCUT2D eigenvalue weighted by atomic mass is 14.9. The lowest BCUT2D eigenvalue weighted by molar-refractivity contribution is 0.516. The lowest BCUT2D eigenvalue weighted by Gasteiger charge is -2.10. The van der Waals surface area contributed by atoms with Crippen molar-refractivity contribution >= 4 is 0 Å². The Balaban J connectivity index is 2.92. The van der Waals surface area contributed by atoms with Crippen LogP contribution in [-0.4, -0.2) is 19.1 Å². The van der Waals surface area contributed by atoms with Crippen LogP contribution in [-0.2, 0) is 0 Å². The summed E-state index contributed by atoms with van der Waals surface area (Å²) >= 11 is 0. The van der Waals surface area contributed by atoms with Crippen molar-refractivity contribution in [3.8, 4) is 0 Å². The average Bonchev–Trinajstić information content (AvgIpc) is 2.21. The molecule has 0 bridgehead atoms. The lowest BCUT2D eigenvalue weighted by atomic mass is 10.1. The van der Waals surface area contributed by atoms with Crippen LogP contribution in [0.1, 0.15) is 58.8 Å². The largest absolute Gasteiger partial charge is 0.329 e. The molecule has 0 heterocycles. The Kier molecular flexibility index (Phi) is 10.9. The molecule has 14 heavy (non-hydrogen) atoms. The van der Waals surface area contributed by atoms with Gasteiger partial charge in [0.25, 0.3) is 0 Å². The van der Waals surface area contributed by atoms with E-state index in [0.29, 0.717) is 6.04 Å². The van der Waals surface area contributed by atoms with Gasteiger partial charge in [0.2, 0.25) is 0 Å². The van der Waals surface area contributed by atoms with E-state index in [9.17, 15) is 0 Å². The van der Waals surface area contributed by atoms with E-state index >= 15 is 0 Å². The maximum Gasteiger partial charge on any atom is 0.0161 e. The van der Waals surface area contributed by atoms with E-state index < -0.39 is 0 Å². The topological polar surface area (TPSA) is 38.0 Å². The van der Waals surface area contributed by atoms with Crippen molar-refractivity contribution in [1.82, 2.24) is 5.32 Å². The molecule has 0 saturated carbocycles. The monoisotopic (exact) mass is 200 g/mol. The van der Waals surface area contributed by atoms with Crippen LogP contribution in [0.5, 0.6) is 0 Å². The Hall–Kier alpha value is -0.0800. The summed E-state index contributed by atoms with van der Waals surface area (Å²) < 4.78 is 0. The second kappa shape index (κ2) is 11.0. The van der Waals surface area contributed by atoms with Crippen LogP contribution in [0.25, 0.3) is 0 Å². The van der Waals surface area contributed by atoms with Gasteiger partial charge >= 0.3 is 0 Å². The van der Waals surface area contributed by atoms with Crippen LogP contribution in [0.15, 0.2) is 0 Å². The van der Waals surface area contributed by atoms with Crippen molar-refractivity contribution in [2.24, 2.45) is 5.73 Å². The first-order chi connectivity index (χ1) is 6.81. The van der Waals surface area contributed by atoms with Crippen molar-refractivity contribution in [3.05, 3.63) is 0 Å². The molecule has 0 saturated heterocycles. The van der Waals surface area contributed by atoms with Gasteiger partial charge in [0.05, 0.1) is 0 Å². The zero-order valence-corrected chi connectivity index (χ0v) is 10.0. The first-order valence-electron chi connectivity index (χ1n) is 6.24. The molecule has 0 amide bonds. The molecule has 0 aromatic rings. The van der Waals surface area contributed by atoms with Gasteiger partial charge in [-0.3, -0.25) is 0 Å². The van der Waals surface area contributed by atoms with Gasteiger partial charge in [-0.2, -0.15) is 0 Å². The van der Waals surface area contributed by atoms with Crippen LogP contribution >= 0.6 is 0 Å². The first-order valence-corrected chi connectivity index (χ1v) is 6.24. The first kappa shape index (κ1) is 13.9. The molecule has 0 aromatic heterocycles. The molecular weight excluding hydrogens is 172 g/mol. The van der Waals surface area contributed by atoms with Gasteiger partial charge in [-0.25, -0.2) is 0 Å². The highest BCUT2D eigenvalue weighted by Gasteiger charge is 1.96. The Bertz CT molecular complexity index is 104. The van der Waals surface area contributed by atoms with Gasteiger partial charge in [-0.1, -0.05) is 45.4 Å². The predicted octanol–water partition coefficient (Wildman–Crippen LogP) is 2.67. The molecule has 1 atom stereocenters. The van der Waals surface area contributed by atoms with E-state index in [2.05, 4.69) is 19.2 Å². The number of nitrogens with one attached hydrogen (secondary N) is 1. The third-order valence-corrected chi connectivity index (χ3v) is 2.63. The van der Waals surface area contributed by atoms with E-state index in [1.54, 1.807) is 0 Å². The molecule has 0 unspecified atom stereocenters. The molecule has 0 radical (unpaired) electrons. The number of rotatable bonds is 10. The summed E-state index contributed by atoms with van der Waals surface area (Å²) in [6.45, 7) is 6.28. The summed E-state index contributed by atoms with van der Waals surface area (Å²) in [6.07, 6.45) is 9.66. The van der Waals surface area contributed by atoms with Crippen LogP contribution in [0, 0.1) is 0 Å². The smallest absolute Gasteiger partial charge is 0.0161 e. The second-order valence-electron chi connectivity index (χ2n) is 4.21. The molecule has 0 spiro atoms. The van der Waals surface area contributed by atoms with Crippen LogP contribution in [0.2, 0.25) is 0 Å². The Labute approximate surface area is 89.6 Å². The van der Waals surface area contributed by atoms with Crippen LogP contribution in [0.3, 0.4) is 0 Å². The summed E-state index contributed by atoms with van der Waals surface area (Å²) in [7, 11) is 0. The SMILES string of the molecule is CCCCCCCCCN[C@@H](C)CN. The van der Waals surface area contributed by atoms with Crippen LogP contribution in [0.4, 0.5) is 0 Å². The summed E-state index contributed by atoms with van der Waals surface area (Å²) in [5.74, 6) is 0. The maximum atomic E-state index is 5.51. The summed E-state index contributed by atoms with van der Waals surface area (Å²) in [4.78, 5) is 0. The minimum Gasteiger partial charge on any atom is -0.329 e. The summed E-state index contributed by atoms with van der Waals surface area (Å²) in [5, 5.41) is 3.41. The van der Waals surface area contributed by atoms with E-state index in [-0.39, 0.29) is 0 Å². The van der Waals surface area contributed by atoms with Crippen molar-refractivity contribution in [2.75, 3.05) is 13.1 Å². The van der Waals surface area contributed by atoms with Gasteiger partial charge in [-0.15, -0.1) is 0 Å². The number of nitrogens with two attached hydrogens (primary N) is 1. The van der Waals surface area contributed by atoms with Crippen molar-refractivity contribution in [3.63, 3.8) is 0 Å². The zero-order chi connectivity index (χ0) is 10.6. The Morgan fingerprint density at radius 1 is 1.00 bits per heavy atom. The quantitative estimate of drug-likeness (QED) is 0.532. The molecule has 0 aliphatic carbocycles. The standard InChI is InChI=1S/C12H28N2/c1-3-4-5-6-7-8-9-10-14-12(2)11-13/h12,14H,3-11,13H2,1-2H3/t12-/m0/s1. The molecular formula is C12H28N2. The zero-order valence-electron chi connectivity index (χ0n) is 10.0. The van der Waals surface area contributed by atoms with E-state index in [1.165, 1.54) is 44.9 Å². The third-order valence-electron chi connectivity index (χ3n) is 2.63. The van der Waals surface area contributed by atoms with E-state index in [1.807, 2.05) is 0 Å². The molecule has 2 nitrogen and oxygen atoms in total. The minimum atomic E-state index is 0.482. The predicted molar refractivity (Wildman–Crippen MR) is 64.5 cm³/mol. The number of unbranched alkanes of at least 4 members (excludes halogenated alkanes) is 6. The van der Waals surface area contributed by atoms with Gasteiger partial charge in [0, 0.05) is 12.6 Å². The van der Waals surface area contributed by atoms with E-state index in [0.717, 1.165) is 13.1 Å². The summed E-state index contributed by atoms with van der Waals surface area (Å²) in [5.41, 5.74) is 5.51.